The van der Waals surface area contributed by atoms with Crippen LogP contribution in [0.1, 0.15) is 16.8 Å². The molecule has 1 aliphatic heterocycles. The molecule has 7 heteroatoms. The van der Waals surface area contributed by atoms with Crippen LogP contribution in [0.3, 0.4) is 0 Å². The average molecular weight is 320 g/mol. The van der Waals surface area contributed by atoms with E-state index >= 15 is 0 Å². The Morgan fingerprint density at radius 2 is 2.39 bits per heavy atom. The number of hydrogen-bond donors (Lipinski definition) is 0. The van der Waals surface area contributed by atoms with E-state index in [0.29, 0.717) is 30.8 Å². The summed E-state index contributed by atoms with van der Waals surface area (Å²) in [5, 5.41) is 3.54. The molecule has 0 N–H and O–H groups in total. The van der Waals surface area contributed by atoms with Crippen LogP contribution in [0, 0.1) is 5.82 Å². The van der Waals surface area contributed by atoms with Crippen molar-refractivity contribution in [2.45, 2.75) is 12.0 Å². The Balaban J connectivity index is 1.64. The van der Waals surface area contributed by atoms with E-state index in [-0.39, 0.29) is 18.3 Å². The molecule has 1 atom stereocenters. The number of methoxy groups -OCH3 is 1. The summed E-state index contributed by atoms with van der Waals surface area (Å²) in [6, 6.07) is 5.94. The number of benzene rings is 1. The lowest BCUT2D eigenvalue weighted by molar-refractivity contribution is -0.0343. The summed E-state index contributed by atoms with van der Waals surface area (Å²) in [4.78, 5) is 14.0. The Kier molecular flexibility index (Phi) is 4.29. The van der Waals surface area contributed by atoms with E-state index in [2.05, 4.69) is 5.16 Å². The summed E-state index contributed by atoms with van der Waals surface area (Å²) in [5.74, 6) is -0.0779. The molecule has 0 aliphatic carbocycles. The van der Waals surface area contributed by atoms with Crippen LogP contribution in [0.4, 0.5) is 4.39 Å². The molecule has 0 radical (unpaired) electrons. The van der Waals surface area contributed by atoms with Crippen molar-refractivity contribution in [2.24, 2.45) is 0 Å². The minimum atomic E-state index is -0.612. The second-order valence-electron chi connectivity index (χ2n) is 5.52. The zero-order valence-electron chi connectivity index (χ0n) is 12.7. The van der Waals surface area contributed by atoms with Gasteiger partial charge in [-0.3, -0.25) is 4.79 Å². The molecule has 6 nitrogen and oxygen atoms in total. The Morgan fingerprint density at radius 1 is 1.52 bits per heavy atom. The monoisotopic (exact) mass is 320 g/mol. The van der Waals surface area contributed by atoms with Crippen LogP contribution < -0.4 is 4.74 Å². The van der Waals surface area contributed by atoms with Crippen molar-refractivity contribution in [1.29, 1.82) is 0 Å². The predicted molar refractivity (Wildman–Crippen MR) is 78.7 cm³/mol. The van der Waals surface area contributed by atoms with Crippen LogP contribution in [-0.4, -0.2) is 48.4 Å². The first-order valence-electron chi connectivity index (χ1n) is 7.24. The number of nitrogens with zero attached hydrogens (tertiary/aromatic N) is 2. The number of rotatable bonds is 5. The highest BCUT2D eigenvalue weighted by Crippen LogP contribution is 2.27. The molecule has 0 saturated carbocycles. The van der Waals surface area contributed by atoms with Gasteiger partial charge in [0.1, 0.15) is 30.0 Å². The molecule has 0 spiro atoms. The van der Waals surface area contributed by atoms with Gasteiger partial charge in [-0.1, -0.05) is 11.2 Å². The quantitative estimate of drug-likeness (QED) is 0.844. The summed E-state index contributed by atoms with van der Waals surface area (Å²) < 4.78 is 29.1. The molecular formula is C16H17FN2O4. The van der Waals surface area contributed by atoms with Gasteiger partial charge in [-0.05, 0) is 18.6 Å². The minimum Gasteiger partial charge on any atom is -0.490 e. The molecule has 1 aromatic heterocycles. The average Bonchev–Trinajstić information content (AvgIpc) is 3.23. The van der Waals surface area contributed by atoms with Crippen molar-refractivity contribution in [3.8, 4) is 5.75 Å². The molecule has 1 fully saturated rings. The number of halogens is 1. The van der Waals surface area contributed by atoms with Gasteiger partial charge >= 0.3 is 0 Å². The molecule has 1 aromatic carbocycles. The van der Waals surface area contributed by atoms with E-state index < -0.39 is 5.60 Å². The molecule has 0 unspecified atom stereocenters. The molecule has 122 valence electrons. The van der Waals surface area contributed by atoms with Crippen LogP contribution >= 0.6 is 0 Å². The summed E-state index contributed by atoms with van der Waals surface area (Å²) in [7, 11) is 1.59. The first-order chi connectivity index (χ1) is 11.1. The molecule has 23 heavy (non-hydrogen) atoms. The van der Waals surface area contributed by atoms with Crippen molar-refractivity contribution in [2.75, 3.05) is 26.8 Å². The lowest BCUT2D eigenvalue weighted by Crippen LogP contribution is -2.42. The number of likely N-dealkylation sites (tertiary alicyclic amines) is 1. The highest BCUT2D eigenvalue weighted by Gasteiger charge is 2.41. The van der Waals surface area contributed by atoms with Crippen LogP contribution in [0.15, 0.2) is 41.2 Å². The van der Waals surface area contributed by atoms with Gasteiger partial charge in [0.15, 0.2) is 0 Å². The molecule has 0 bridgehead atoms. The van der Waals surface area contributed by atoms with Gasteiger partial charge in [0.2, 0.25) is 0 Å². The fourth-order valence-corrected chi connectivity index (χ4v) is 2.63. The van der Waals surface area contributed by atoms with Crippen molar-refractivity contribution in [3.05, 3.63) is 48.1 Å². The zero-order valence-corrected chi connectivity index (χ0v) is 12.7. The fraction of sp³-hybridized carbons (Fsp3) is 0.375. The van der Waals surface area contributed by atoms with Gasteiger partial charge in [0.05, 0.1) is 18.3 Å². The maximum Gasteiger partial charge on any atom is 0.258 e. The SMILES string of the molecule is CO[C@@]1(COc2cccc(F)c2)CCN(C(=O)c2cnoc2)C1. The molecule has 1 aliphatic rings. The fourth-order valence-electron chi connectivity index (χ4n) is 2.63. The van der Waals surface area contributed by atoms with Crippen molar-refractivity contribution < 1.29 is 23.2 Å². The second kappa shape index (κ2) is 6.37. The Bertz CT molecular complexity index is 676. The van der Waals surface area contributed by atoms with Crippen molar-refractivity contribution in [3.63, 3.8) is 0 Å². The second-order valence-corrected chi connectivity index (χ2v) is 5.52. The number of carbonyl (C=O) groups excluding carboxylic acids is 1. The maximum atomic E-state index is 13.2. The standard InChI is InChI=1S/C16H17FN2O4/c1-21-16(11-22-14-4-2-3-13(17)7-14)5-6-19(10-16)15(20)12-8-18-23-9-12/h2-4,7-9H,5-6,10-11H2,1H3/t16-/m0/s1. The summed E-state index contributed by atoms with van der Waals surface area (Å²) in [6.07, 6.45) is 3.34. The first kappa shape index (κ1) is 15.5. The van der Waals surface area contributed by atoms with Crippen molar-refractivity contribution in [1.82, 2.24) is 10.1 Å². The zero-order chi connectivity index (χ0) is 16.3. The Labute approximate surface area is 132 Å². The normalized spacial score (nSPS) is 20.7. The maximum absolute atomic E-state index is 13.2. The highest BCUT2D eigenvalue weighted by atomic mass is 19.1. The molecule has 2 aromatic rings. The number of amides is 1. The van der Waals surface area contributed by atoms with Crippen LogP contribution in [0.5, 0.6) is 5.75 Å². The Morgan fingerprint density at radius 3 is 3.09 bits per heavy atom. The third-order valence-corrected chi connectivity index (χ3v) is 4.01. The van der Waals surface area contributed by atoms with Gasteiger partial charge in [-0.2, -0.15) is 0 Å². The Hall–Kier alpha value is -2.41. The van der Waals surface area contributed by atoms with Gasteiger partial charge < -0.3 is 18.9 Å². The number of carbonyl (C=O) groups is 1. The summed E-state index contributed by atoms with van der Waals surface area (Å²) in [5.41, 5.74) is -0.206. The van der Waals surface area contributed by atoms with Crippen LogP contribution in [0.25, 0.3) is 0 Å². The lowest BCUT2D eigenvalue weighted by atomic mass is 10.0. The number of aromatic nitrogens is 1. The summed E-state index contributed by atoms with van der Waals surface area (Å²) >= 11 is 0. The number of hydrogen-bond acceptors (Lipinski definition) is 5. The highest BCUT2D eigenvalue weighted by molar-refractivity contribution is 5.93. The van der Waals surface area contributed by atoms with Gasteiger partial charge in [0, 0.05) is 19.7 Å². The van der Waals surface area contributed by atoms with Gasteiger partial charge in [-0.15, -0.1) is 0 Å². The van der Waals surface area contributed by atoms with Crippen molar-refractivity contribution >= 4 is 5.91 Å². The van der Waals surface area contributed by atoms with E-state index in [9.17, 15) is 9.18 Å². The minimum absolute atomic E-state index is 0.157. The largest absolute Gasteiger partial charge is 0.490 e. The molecule has 2 heterocycles. The van der Waals surface area contributed by atoms with E-state index in [1.165, 1.54) is 24.6 Å². The number of ether oxygens (including phenoxy) is 2. The van der Waals surface area contributed by atoms with E-state index in [1.807, 2.05) is 0 Å². The molecule has 3 rings (SSSR count). The van der Waals surface area contributed by atoms with E-state index in [4.69, 9.17) is 14.0 Å². The van der Waals surface area contributed by atoms with E-state index in [1.54, 1.807) is 24.1 Å². The smallest absolute Gasteiger partial charge is 0.258 e. The van der Waals surface area contributed by atoms with Crippen LogP contribution in [-0.2, 0) is 4.74 Å². The van der Waals surface area contributed by atoms with Gasteiger partial charge in [-0.25, -0.2) is 4.39 Å². The predicted octanol–water partition coefficient (Wildman–Crippen LogP) is 2.12. The summed E-state index contributed by atoms with van der Waals surface area (Å²) in [6.45, 7) is 1.17. The topological polar surface area (TPSA) is 64.8 Å². The third-order valence-electron chi connectivity index (χ3n) is 4.01. The van der Waals surface area contributed by atoms with Gasteiger partial charge in [0.25, 0.3) is 5.91 Å². The lowest BCUT2D eigenvalue weighted by Gasteiger charge is -2.27. The van der Waals surface area contributed by atoms with Crippen LogP contribution in [0.2, 0.25) is 0 Å². The van der Waals surface area contributed by atoms with E-state index in [0.717, 1.165) is 0 Å². The molecule has 1 saturated heterocycles. The molecule has 1 amide bonds. The third kappa shape index (κ3) is 3.34. The molecular weight excluding hydrogens is 303 g/mol. The first-order valence-corrected chi connectivity index (χ1v) is 7.24.